The first-order valence-corrected chi connectivity index (χ1v) is 10.8. The Balaban J connectivity index is 1.80. The first-order valence-electron chi connectivity index (χ1n) is 8.60. The minimum absolute atomic E-state index is 0.00227. The first kappa shape index (κ1) is 21.3. The van der Waals surface area contributed by atoms with E-state index >= 15 is 0 Å². The van der Waals surface area contributed by atoms with Crippen LogP contribution in [-0.4, -0.2) is 26.1 Å². The van der Waals surface area contributed by atoms with Gasteiger partial charge in [-0.05, 0) is 38.5 Å². The molecule has 0 radical (unpaired) electrons. The second-order valence-corrected chi connectivity index (χ2v) is 8.72. The van der Waals surface area contributed by atoms with E-state index in [0.29, 0.717) is 21.9 Å². The van der Waals surface area contributed by atoms with Gasteiger partial charge < -0.3 is 5.32 Å². The highest BCUT2D eigenvalue weighted by molar-refractivity contribution is 7.99. The van der Waals surface area contributed by atoms with Crippen LogP contribution < -0.4 is 10.9 Å². The third-order valence-corrected chi connectivity index (χ3v) is 6.73. The van der Waals surface area contributed by atoms with E-state index in [1.54, 1.807) is 4.57 Å². The largest absolute Gasteiger partial charge is 0.325 e. The molecule has 1 aromatic carbocycles. The topological polar surface area (TPSA) is 107 Å². The number of nitrogens with one attached hydrogen (secondary N) is 1. The number of nitrogens with zero attached hydrogens (tertiary/aromatic N) is 3. The molecule has 0 aliphatic heterocycles. The summed E-state index contributed by atoms with van der Waals surface area (Å²) in [6, 6.07) is 4.05. The van der Waals surface area contributed by atoms with Gasteiger partial charge in [0.15, 0.2) is 5.16 Å². The van der Waals surface area contributed by atoms with Crippen LogP contribution in [0.4, 0.5) is 11.4 Å². The monoisotopic (exact) mass is 452 g/mol. The maximum Gasteiger partial charge on any atom is 0.289 e. The summed E-state index contributed by atoms with van der Waals surface area (Å²) >= 11 is 8.38. The fourth-order valence-electron chi connectivity index (χ4n) is 2.76. The van der Waals surface area contributed by atoms with Gasteiger partial charge in [0.1, 0.15) is 9.85 Å². The molecular formula is C18H17ClN4O4S2. The molecule has 2 heterocycles. The zero-order valence-corrected chi connectivity index (χ0v) is 18.2. The molecule has 8 nitrogen and oxygen atoms in total. The van der Waals surface area contributed by atoms with Crippen LogP contribution in [0.1, 0.15) is 17.4 Å². The van der Waals surface area contributed by atoms with E-state index in [1.165, 1.54) is 29.5 Å². The molecule has 0 aliphatic carbocycles. The van der Waals surface area contributed by atoms with Crippen molar-refractivity contribution in [1.82, 2.24) is 9.55 Å². The predicted octanol–water partition coefficient (Wildman–Crippen LogP) is 4.39. The van der Waals surface area contributed by atoms with E-state index in [1.807, 2.05) is 20.8 Å². The number of carbonyl (C=O) groups excluding carboxylic acids is 1. The molecule has 0 spiro atoms. The maximum atomic E-state index is 12.8. The number of nitro groups is 1. The molecule has 0 saturated carbocycles. The van der Waals surface area contributed by atoms with E-state index in [2.05, 4.69) is 10.3 Å². The minimum Gasteiger partial charge on any atom is -0.325 e. The Bertz CT molecular complexity index is 1190. The van der Waals surface area contributed by atoms with Crippen LogP contribution in [0, 0.1) is 24.0 Å². The van der Waals surface area contributed by atoms with Crippen LogP contribution in [0.25, 0.3) is 10.2 Å². The van der Waals surface area contributed by atoms with Crippen LogP contribution in [0.15, 0.2) is 28.2 Å². The lowest BCUT2D eigenvalue weighted by Gasteiger charge is -2.10. The average Bonchev–Trinajstić information content (AvgIpc) is 2.95. The van der Waals surface area contributed by atoms with Crippen molar-refractivity contribution < 1.29 is 9.72 Å². The lowest BCUT2D eigenvalue weighted by molar-refractivity contribution is -0.384. The summed E-state index contributed by atoms with van der Waals surface area (Å²) in [5.74, 6) is -0.375. The van der Waals surface area contributed by atoms with Gasteiger partial charge in [-0.15, -0.1) is 11.3 Å². The van der Waals surface area contributed by atoms with Crippen molar-refractivity contribution in [3.05, 3.63) is 54.1 Å². The molecule has 0 aliphatic rings. The molecular weight excluding hydrogens is 436 g/mol. The fourth-order valence-corrected chi connectivity index (χ4v) is 4.88. The molecule has 0 fully saturated rings. The minimum atomic E-state index is -0.614. The highest BCUT2D eigenvalue weighted by atomic mass is 35.5. The van der Waals surface area contributed by atoms with Gasteiger partial charge in [0, 0.05) is 23.2 Å². The van der Waals surface area contributed by atoms with Crippen LogP contribution in [0.2, 0.25) is 5.02 Å². The smallest absolute Gasteiger partial charge is 0.289 e. The second kappa shape index (κ2) is 8.52. The van der Waals surface area contributed by atoms with Crippen molar-refractivity contribution in [2.45, 2.75) is 32.5 Å². The molecule has 0 saturated heterocycles. The van der Waals surface area contributed by atoms with Gasteiger partial charge >= 0.3 is 0 Å². The quantitative estimate of drug-likeness (QED) is 0.257. The van der Waals surface area contributed by atoms with E-state index in [4.69, 9.17) is 11.6 Å². The van der Waals surface area contributed by atoms with Crippen molar-refractivity contribution in [3.63, 3.8) is 0 Å². The molecule has 11 heteroatoms. The highest BCUT2D eigenvalue weighted by Crippen LogP contribution is 2.29. The fraction of sp³-hybridized carbons (Fsp3) is 0.278. The number of carbonyl (C=O) groups is 1. The molecule has 152 valence electrons. The number of hydrogen-bond acceptors (Lipinski definition) is 7. The van der Waals surface area contributed by atoms with Crippen LogP contribution >= 0.6 is 34.7 Å². The zero-order chi connectivity index (χ0) is 21.3. The summed E-state index contributed by atoms with van der Waals surface area (Å²) in [4.78, 5) is 41.8. The van der Waals surface area contributed by atoms with E-state index in [9.17, 15) is 19.7 Å². The van der Waals surface area contributed by atoms with Crippen LogP contribution in [0.5, 0.6) is 0 Å². The molecule has 3 rings (SSSR count). The van der Waals surface area contributed by atoms with Gasteiger partial charge in [0.25, 0.3) is 11.2 Å². The van der Waals surface area contributed by atoms with Gasteiger partial charge in [-0.1, -0.05) is 23.4 Å². The summed E-state index contributed by atoms with van der Waals surface area (Å²) in [6.07, 6.45) is 0. The van der Waals surface area contributed by atoms with Gasteiger partial charge in [-0.3, -0.25) is 24.3 Å². The number of amides is 1. The van der Waals surface area contributed by atoms with Crippen molar-refractivity contribution in [2.75, 3.05) is 11.1 Å². The zero-order valence-electron chi connectivity index (χ0n) is 15.8. The number of halogens is 1. The Morgan fingerprint density at radius 3 is 2.79 bits per heavy atom. The van der Waals surface area contributed by atoms with Crippen molar-refractivity contribution in [3.8, 4) is 0 Å². The number of rotatable bonds is 6. The SMILES string of the molecule is CCn1c(SCC(=O)Nc2ccc(Cl)c([N+](=O)[O-])c2)nc2sc(C)c(C)c2c1=O. The second-order valence-electron chi connectivity index (χ2n) is 6.17. The standard InChI is InChI=1S/C18H17ClN4O4S2/c1-4-22-17(25)15-9(2)10(3)29-16(15)21-18(22)28-8-14(24)20-11-5-6-12(19)13(7-11)23(26)27/h5-7H,4,8H2,1-3H3,(H,20,24). The summed E-state index contributed by atoms with van der Waals surface area (Å²) in [7, 11) is 0. The number of fused-ring (bicyclic) bond motifs is 1. The van der Waals surface area contributed by atoms with E-state index < -0.39 is 4.92 Å². The van der Waals surface area contributed by atoms with E-state index in [-0.39, 0.29) is 33.6 Å². The third kappa shape index (κ3) is 4.29. The highest BCUT2D eigenvalue weighted by Gasteiger charge is 2.18. The van der Waals surface area contributed by atoms with Gasteiger partial charge in [0.05, 0.1) is 16.1 Å². The van der Waals surface area contributed by atoms with Crippen molar-refractivity contribution in [1.29, 1.82) is 0 Å². The molecule has 29 heavy (non-hydrogen) atoms. The number of hydrogen-bond donors (Lipinski definition) is 1. The molecule has 0 bridgehead atoms. The average molecular weight is 453 g/mol. The Morgan fingerprint density at radius 2 is 2.14 bits per heavy atom. The molecule has 0 atom stereocenters. The molecule has 1 amide bonds. The van der Waals surface area contributed by atoms with Gasteiger partial charge in [-0.2, -0.15) is 0 Å². The summed E-state index contributed by atoms with van der Waals surface area (Å²) in [5, 5.41) is 14.6. The normalized spacial score (nSPS) is 11.0. The Morgan fingerprint density at radius 1 is 1.41 bits per heavy atom. The lowest BCUT2D eigenvalue weighted by atomic mass is 10.2. The molecule has 1 N–H and O–H groups in total. The van der Waals surface area contributed by atoms with E-state index in [0.717, 1.165) is 22.2 Å². The lowest BCUT2D eigenvalue weighted by Crippen LogP contribution is -2.23. The Labute approximate surface area is 179 Å². The number of aromatic nitrogens is 2. The number of benzene rings is 1. The van der Waals surface area contributed by atoms with Crippen molar-refractivity contribution >= 4 is 62.2 Å². The Kier molecular flexibility index (Phi) is 6.25. The maximum absolute atomic E-state index is 12.8. The number of thioether (sulfide) groups is 1. The van der Waals surface area contributed by atoms with Crippen LogP contribution in [-0.2, 0) is 11.3 Å². The summed E-state index contributed by atoms with van der Waals surface area (Å²) < 4.78 is 1.55. The van der Waals surface area contributed by atoms with Crippen molar-refractivity contribution in [2.24, 2.45) is 0 Å². The Hall–Kier alpha value is -2.43. The van der Waals surface area contributed by atoms with Gasteiger partial charge in [0.2, 0.25) is 5.91 Å². The molecule has 3 aromatic rings. The number of anilines is 1. The number of thiophene rings is 1. The third-order valence-electron chi connectivity index (χ3n) is 4.33. The number of nitro benzene ring substituents is 1. The first-order chi connectivity index (χ1) is 13.7. The molecule has 0 unspecified atom stereocenters. The summed E-state index contributed by atoms with van der Waals surface area (Å²) in [5.41, 5.74) is 0.805. The summed E-state index contributed by atoms with van der Waals surface area (Å²) in [6.45, 7) is 6.13. The van der Waals surface area contributed by atoms with Crippen LogP contribution in [0.3, 0.4) is 0 Å². The predicted molar refractivity (Wildman–Crippen MR) is 116 cm³/mol. The number of aryl methyl sites for hydroxylation is 2. The van der Waals surface area contributed by atoms with Gasteiger partial charge in [-0.25, -0.2) is 4.98 Å². The molecule has 2 aromatic heterocycles.